The van der Waals surface area contributed by atoms with Crippen LogP contribution in [-0.4, -0.2) is 25.7 Å². The van der Waals surface area contributed by atoms with E-state index in [-0.39, 0.29) is 24.5 Å². The minimum absolute atomic E-state index is 0.0166. The summed E-state index contributed by atoms with van der Waals surface area (Å²) in [6.45, 7) is 7.43. The molecular formula is C22H27NO4. The SMILES string of the molecule is Cc1cccc(OCC(=O)N[C@@H](c2ccc3c(c2)OCCCO3)C(C)C)c1. The van der Waals surface area contributed by atoms with Crippen molar-refractivity contribution in [2.45, 2.75) is 33.2 Å². The number of benzene rings is 2. The molecule has 1 heterocycles. The lowest BCUT2D eigenvalue weighted by Gasteiger charge is -2.24. The molecule has 1 N–H and O–H groups in total. The molecule has 5 heteroatoms. The summed E-state index contributed by atoms with van der Waals surface area (Å²) in [6.07, 6.45) is 0.866. The molecule has 1 aliphatic heterocycles. The summed E-state index contributed by atoms with van der Waals surface area (Å²) in [5.41, 5.74) is 2.10. The van der Waals surface area contributed by atoms with Crippen LogP contribution in [0.3, 0.4) is 0 Å². The number of rotatable bonds is 6. The van der Waals surface area contributed by atoms with Crippen LogP contribution in [0.5, 0.6) is 17.2 Å². The van der Waals surface area contributed by atoms with E-state index in [1.807, 2.05) is 49.4 Å². The first kappa shape index (κ1) is 19.1. The summed E-state index contributed by atoms with van der Waals surface area (Å²) in [5.74, 6) is 2.26. The number of hydrogen-bond acceptors (Lipinski definition) is 4. The van der Waals surface area contributed by atoms with E-state index in [1.165, 1.54) is 0 Å². The fourth-order valence-corrected chi connectivity index (χ4v) is 3.08. The molecule has 0 aliphatic carbocycles. The monoisotopic (exact) mass is 369 g/mol. The first-order valence-corrected chi connectivity index (χ1v) is 9.41. The van der Waals surface area contributed by atoms with Gasteiger partial charge in [-0.15, -0.1) is 0 Å². The predicted molar refractivity (Wildman–Crippen MR) is 104 cm³/mol. The molecule has 0 aromatic heterocycles. The highest BCUT2D eigenvalue weighted by atomic mass is 16.5. The Kier molecular flexibility index (Phi) is 6.22. The van der Waals surface area contributed by atoms with Crippen molar-refractivity contribution in [3.05, 3.63) is 53.6 Å². The minimum Gasteiger partial charge on any atom is -0.490 e. The van der Waals surface area contributed by atoms with Crippen LogP contribution < -0.4 is 19.5 Å². The molecular weight excluding hydrogens is 342 g/mol. The molecule has 0 saturated carbocycles. The van der Waals surface area contributed by atoms with E-state index in [4.69, 9.17) is 14.2 Å². The molecule has 0 radical (unpaired) electrons. The second-order valence-electron chi connectivity index (χ2n) is 7.15. The second kappa shape index (κ2) is 8.80. The molecule has 0 saturated heterocycles. The Morgan fingerprint density at radius 1 is 1.11 bits per heavy atom. The summed E-state index contributed by atoms with van der Waals surface area (Å²) in [7, 11) is 0. The molecule has 0 unspecified atom stereocenters. The molecule has 1 amide bonds. The third-order valence-corrected chi connectivity index (χ3v) is 4.47. The standard InChI is InChI=1S/C22H27NO4/c1-15(2)22(17-8-9-19-20(13-17)26-11-5-10-25-19)23-21(24)14-27-18-7-4-6-16(3)12-18/h4,6-9,12-13,15,22H,5,10-11,14H2,1-3H3,(H,23,24)/t22-/m1/s1. The number of ether oxygens (including phenoxy) is 3. The van der Waals surface area contributed by atoms with Crippen LogP contribution in [0.2, 0.25) is 0 Å². The van der Waals surface area contributed by atoms with Crippen molar-refractivity contribution < 1.29 is 19.0 Å². The number of amides is 1. The van der Waals surface area contributed by atoms with Crippen LogP contribution in [0.15, 0.2) is 42.5 Å². The van der Waals surface area contributed by atoms with Crippen LogP contribution >= 0.6 is 0 Å². The van der Waals surface area contributed by atoms with Crippen molar-refractivity contribution in [1.82, 2.24) is 5.32 Å². The van der Waals surface area contributed by atoms with Crippen LogP contribution in [0.1, 0.15) is 37.4 Å². The highest BCUT2D eigenvalue weighted by Gasteiger charge is 2.21. The van der Waals surface area contributed by atoms with Gasteiger partial charge < -0.3 is 19.5 Å². The number of hydrogen-bond donors (Lipinski definition) is 1. The normalized spacial score (nSPS) is 14.4. The summed E-state index contributed by atoms with van der Waals surface area (Å²) in [4.78, 5) is 12.4. The number of aryl methyl sites for hydroxylation is 1. The average Bonchev–Trinajstić information content (AvgIpc) is 2.89. The summed E-state index contributed by atoms with van der Waals surface area (Å²) >= 11 is 0. The molecule has 0 bridgehead atoms. The fourth-order valence-electron chi connectivity index (χ4n) is 3.08. The smallest absolute Gasteiger partial charge is 0.258 e. The van der Waals surface area contributed by atoms with Crippen LogP contribution in [0.25, 0.3) is 0 Å². The molecule has 2 aromatic rings. The van der Waals surface area contributed by atoms with Gasteiger partial charge in [0, 0.05) is 6.42 Å². The first-order chi connectivity index (χ1) is 13.0. The number of carbonyl (C=O) groups excluding carboxylic acids is 1. The van der Waals surface area contributed by atoms with Gasteiger partial charge in [-0.2, -0.15) is 0 Å². The van der Waals surface area contributed by atoms with E-state index in [0.717, 1.165) is 29.0 Å². The van der Waals surface area contributed by atoms with Crippen molar-refractivity contribution in [2.24, 2.45) is 5.92 Å². The summed E-state index contributed by atoms with van der Waals surface area (Å²) in [5, 5.41) is 3.08. The molecule has 0 spiro atoms. The van der Waals surface area contributed by atoms with Gasteiger partial charge in [-0.1, -0.05) is 32.0 Å². The van der Waals surface area contributed by atoms with Gasteiger partial charge in [-0.25, -0.2) is 0 Å². The van der Waals surface area contributed by atoms with Gasteiger partial charge in [0.25, 0.3) is 5.91 Å². The van der Waals surface area contributed by atoms with E-state index in [9.17, 15) is 4.79 Å². The first-order valence-electron chi connectivity index (χ1n) is 9.41. The van der Waals surface area contributed by atoms with Crippen LogP contribution in [-0.2, 0) is 4.79 Å². The summed E-state index contributed by atoms with van der Waals surface area (Å²) in [6, 6.07) is 13.4. The van der Waals surface area contributed by atoms with Gasteiger partial charge in [-0.3, -0.25) is 4.79 Å². The Morgan fingerprint density at radius 3 is 2.63 bits per heavy atom. The van der Waals surface area contributed by atoms with Crippen molar-refractivity contribution in [3.63, 3.8) is 0 Å². The number of carbonyl (C=O) groups is 1. The maximum atomic E-state index is 12.4. The van der Waals surface area contributed by atoms with E-state index >= 15 is 0 Å². The topological polar surface area (TPSA) is 56.8 Å². The Morgan fingerprint density at radius 2 is 1.89 bits per heavy atom. The third-order valence-electron chi connectivity index (χ3n) is 4.47. The van der Waals surface area contributed by atoms with Gasteiger partial charge in [0.2, 0.25) is 0 Å². The third kappa shape index (κ3) is 5.16. The van der Waals surface area contributed by atoms with Gasteiger partial charge in [0.1, 0.15) is 5.75 Å². The molecule has 5 nitrogen and oxygen atoms in total. The van der Waals surface area contributed by atoms with E-state index < -0.39 is 0 Å². The number of fused-ring (bicyclic) bond motifs is 1. The van der Waals surface area contributed by atoms with Crippen LogP contribution in [0.4, 0.5) is 0 Å². The molecule has 1 atom stereocenters. The lowest BCUT2D eigenvalue weighted by molar-refractivity contribution is -0.124. The second-order valence-corrected chi connectivity index (χ2v) is 7.15. The van der Waals surface area contributed by atoms with Gasteiger partial charge in [-0.05, 0) is 48.2 Å². The Labute approximate surface area is 160 Å². The zero-order valence-electron chi connectivity index (χ0n) is 16.2. The van der Waals surface area contributed by atoms with Crippen molar-refractivity contribution in [2.75, 3.05) is 19.8 Å². The van der Waals surface area contributed by atoms with Crippen LogP contribution in [0, 0.1) is 12.8 Å². The Hall–Kier alpha value is -2.69. The van der Waals surface area contributed by atoms with Crippen molar-refractivity contribution in [3.8, 4) is 17.2 Å². The lowest BCUT2D eigenvalue weighted by atomic mass is 9.95. The van der Waals surface area contributed by atoms with Crippen molar-refractivity contribution >= 4 is 5.91 Å². The van der Waals surface area contributed by atoms with Crippen molar-refractivity contribution in [1.29, 1.82) is 0 Å². The maximum absolute atomic E-state index is 12.4. The minimum atomic E-state index is -0.151. The maximum Gasteiger partial charge on any atom is 0.258 e. The highest BCUT2D eigenvalue weighted by Crippen LogP contribution is 2.34. The Balaban J connectivity index is 1.66. The number of nitrogens with one attached hydrogen (secondary N) is 1. The lowest BCUT2D eigenvalue weighted by Crippen LogP contribution is -2.35. The molecule has 3 rings (SSSR count). The van der Waals surface area contributed by atoms with E-state index in [2.05, 4.69) is 19.2 Å². The molecule has 1 aliphatic rings. The fraction of sp³-hybridized carbons (Fsp3) is 0.409. The van der Waals surface area contributed by atoms with E-state index in [0.29, 0.717) is 19.0 Å². The van der Waals surface area contributed by atoms with Gasteiger partial charge >= 0.3 is 0 Å². The van der Waals surface area contributed by atoms with E-state index in [1.54, 1.807) is 0 Å². The molecule has 144 valence electrons. The largest absolute Gasteiger partial charge is 0.490 e. The predicted octanol–water partition coefficient (Wildman–Crippen LogP) is 4.05. The van der Waals surface area contributed by atoms with Gasteiger partial charge in [0.05, 0.1) is 19.3 Å². The quantitative estimate of drug-likeness (QED) is 0.835. The average molecular weight is 369 g/mol. The Bertz CT molecular complexity index is 788. The van der Waals surface area contributed by atoms with Gasteiger partial charge in [0.15, 0.2) is 18.1 Å². The zero-order valence-corrected chi connectivity index (χ0v) is 16.2. The molecule has 0 fully saturated rings. The summed E-state index contributed by atoms with van der Waals surface area (Å²) < 4.78 is 17.1. The molecule has 2 aromatic carbocycles. The highest BCUT2D eigenvalue weighted by molar-refractivity contribution is 5.78. The zero-order chi connectivity index (χ0) is 19.2. The molecule has 27 heavy (non-hydrogen) atoms.